The zero-order chi connectivity index (χ0) is 25.7. The number of unbranched alkanes of at least 4 members (excludes halogenated alkanes) is 14. The lowest BCUT2D eigenvalue weighted by Gasteiger charge is -2.24. The molecule has 0 aromatic heterocycles. The van der Waals surface area contributed by atoms with Gasteiger partial charge in [-0.3, -0.25) is 13.8 Å². The molecule has 204 valence electrons. The number of likely N-dealkylation sites (N-methyl/N-ethyl adjacent to an activating group) is 1. The lowest BCUT2D eigenvalue weighted by Crippen LogP contribution is -2.37. The minimum Gasteiger partial charge on any atom is -0.460 e. The molecule has 0 aliphatic carbocycles. The Morgan fingerprint density at radius 1 is 0.794 bits per heavy atom. The molecule has 2 unspecified atom stereocenters. The predicted octanol–water partition coefficient (Wildman–Crippen LogP) is 7.02. The number of nitrogens with zero attached hydrogens (tertiary/aromatic N) is 1. The summed E-state index contributed by atoms with van der Waals surface area (Å²) in [6, 6.07) is 0. The van der Waals surface area contributed by atoms with Crippen LogP contribution in [0, 0.1) is 0 Å². The first kappa shape index (κ1) is 33.5. The van der Waals surface area contributed by atoms with E-state index in [9.17, 15) is 14.3 Å². The summed E-state index contributed by atoms with van der Waals surface area (Å²) in [5.74, 6) is -0.409. The van der Waals surface area contributed by atoms with Gasteiger partial charge in [-0.15, -0.1) is 0 Å². The van der Waals surface area contributed by atoms with E-state index in [0.29, 0.717) is 17.4 Å². The van der Waals surface area contributed by atoms with Crippen molar-refractivity contribution >= 4 is 13.8 Å². The zero-order valence-electron chi connectivity index (χ0n) is 22.9. The fourth-order valence-corrected chi connectivity index (χ4v) is 4.54. The molecule has 0 rings (SSSR count). The number of carbonyl (C=O) groups is 1. The summed E-state index contributed by atoms with van der Waals surface area (Å²) in [7, 11) is 1.77. The van der Waals surface area contributed by atoms with Crippen LogP contribution in [0.5, 0.6) is 0 Å². The summed E-state index contributed by atoms with van der Waals surface area (Å²) in [5.41, 5.74) is 0. The molecule has 1 N–H and O–H groups in total. The number of esters is 1. The minimum absolute atomic E-state index is 0.120. The highest BCUT2D eigenvalue weighted by Crippen LogP contribution is 2.43. The number of hydrogen-bond donors (Lipinski definition) is 1. The summed E-state index contributed by atoms with van der Waals surface area (Å²) in [6.45, 7) is 4.18. The van der Waals surface area contributed by atoms with Gasteiger partial charge in [0, 0.05) is 6.92 Å². The quantitative estimate of drug-likeness (QED) is 0.0653. The van der Waals surface area contributed by atoms with E-state index >= 15 is 0 Å². The molecule has 34 heavy (non-hydrogen) atoms. The summed E-state index contributed by atoms with van der Waals surface area (Å²) >= 11 is 0. The molecule has 0 aromatic rings. The molecule has 0 fully saturated rings. The number of phosphoric ester groups is 1. The highest BCUT2D eigenvalue weighted by Gasteiger charge is 2.25. The molecule has 0 saturated carbocycles. The number of rotatable bonds is 24. The molecular weight excluding hydrogens is 453 g/mol. The first-order valence-corrected chi connectivity index (χ1v) is 15.1. The van der Waals surface area contributed by atoms with Gasteiger partial charge in [0.1, 0.15) is 19.3 Å². The molecule has 0 amide bonds. The third-order valence-corrected chi connectivity index (χ3v) is 6.89. The first-order chi connectivity index (χ1) is 16.1. The topological polar surface area (TPSA) is 82.1 Å². The normalized spacial score (nSPS) is 14.6. The van der Waals surface area contributed by atoms with Gasteiger partial charge in [-0.1, -0.05) is 96.8 Å². The molecule has 0 aliphatic heterocycles. The van der Waals surface area contributed by atoms with Crippen LogP contribution < -0.4 is 0 Å². The Balaban J connectivity index is 3.81. The van der Waals surface area contributed by atoms with Crippen molar-refractivity contribution in [2.75, 3.05) is 40.9 Å². The zero-order valence-corrected chi connectivity index (χ0v) is 23.8. The SMILES string of the molecule is CCCCCCCCCCCCCCCCCC(COP(=O)(O)OCC[N+](C)(C)C)OC(C)=O. The number of phosphoric acid groups is 1. The minimum atomic E-state index is -4.15. The maximum absolute atomic E-state index is 12.1. The molecule has 0 heterocycles. The van der Waals surface area contributed by atoms with Gasteiger partial charge >= 0.3 is 13.8 Å². The van der Waals surface area contributed by atoms with Gasteiger partial charge in [-0.05, 0) is 12.8 Å². The molecule has 0 aliphatic rings. The van der Waals surface area contributed by atoms with Gasteiger partial charge < -0.3 is 14.1 Å². The predicted molar refractivity (Wildman–Crippen MR) is 140 cm³/mol. The van der Waals surface area contributed by atoms with Gasteiger partial charge in [-0.2, -0.15) is 0 Å². The third-order valence-electron chi connectivity index (χ3n) is 5.90. The molecule has 0 spiro atoms. The Morgan fingerprint density at radius 2 is 1.24 bits per heavy atom. The van der Waals surface area contributed by atoms with Crippen molar-refractivity contribution in [2.45, 2.75) is 123 Å². The van der Waals surface area contributed by atoms with Crippen molar-refractivity contribution in [3.05, 3.63) is 0 Å². The van der Waals surface area contributed by atoms with E-state index in [0.717, 1.165) is 19.3 Å². The lowest BCUT2D eigenvalue weighted by atomic mass is 10.0. The van der Waals surface area contributed by atoms with E-state index < -0.39 is 19.9 Å². The first-order valence-electron chi connectivity index (χ1n) is 13.7. The molecule has 7 nitrogen and oxygen atoms in total. The monoisotopic (exact) mass is 508 g/mol. The van der Waals surface area contributed by atoms with E-state index in [4.69, 9.17) is 13.8 Å². The van der Waals surface area contributed by atoms with Crippen LogP contribution in [-0.4, -0.2) is 62.4 Å². The van der Waals surface area contributed by atoms with Gasteiger partial charge in [-0.25, -0.2) is 4.57 Å². The Hall–Kier alpha value is -0.460. The van der Waals surface area contributed by atoms with Crippen molar-refractivity contribution in [3.63, 3.8) is 0 Å². The second-order valence-corrected chi connectivity index (χ2v) is 12.0. The van der Waals surface area contributed by atoms with Crippen LogP contribution in [0.15, 0.2) is 0 Å². The van der Waals surface area contributed by atoms with Crippen LogP contribution in [0.3, 0.4) is 0 Å². The summed E-state index contributed by atoms with van der Waals surface area (Å²) in [4.78, 5) is 21.2. The van der Waals surface area contributed by atoms with Crippen molar-refractivity contribution in [1.29, 1.82) is 0 Å². The van der Waals surface area contributed by atoms with Crippen molar-refractivity contribution in [1.82, 2.24) is 0 Å². The Bertz CT molecular complexity index is 538. The molecule has 2 atom stereocenters. The van der Waals surface area contributed by atoms with Gasteiger partial charge in [0.05, 0.1) is 27.7 Å². The average molecular weight is 509 g/mol. The van der Waals surface area contributed by atoms with E-state index in [2.05, 4.69) is 6.92 Å². The van der Waals surface area contributed by atoms with E-state index in [1.54, 1.807) is 0 Å². The van der Waals surface area contributed by atoms with Gasteiger partial charge in [0.15, 0.2) is 0 Å². The second-order valence-electron chi connectivity index (χ2n) is 10.6. The van der Waals surface area contributed by atoms with Crippen molar-refractivity contribution in [3.8, 4) is 0 Å². The maximum atomic E-state index is 12.1. The standard InChI is InChI=1S/C26H54NO6P/c1-6-7-8-9-10-11-12-13-14-15-16-17-18-19-20-21-26(33-25(2)28)24-32-34(29,30)31-23-22-27(3,4)5/h26H,6-24H2,1-5H3/p+1. The molecule has 8 heteroatoms. The van der Waals surface area contributed by atoms with Crippen LogP contribution in [-0.2, 0) is 23.1 Å². The highest BCUT2D eigenvalue weighted by molar-refractivity contribution is 7.47. The number of quaternary nitrogens is 1. The average Bonchev–Trinajstić information content (AvgIpc) is 2.73. The van der Waals surface area contributed by atoms with Crippen LogP contribution >= 0.6 is 7.82 Å². The third kappa shape index (κ3) is 24.7. The second kappa shape index (κ2) is 20.7. The fourth-order valence-electron chi connectivity index (χ4n) is 3.80. The van der Waals surface area contributed by atoms with Crippen LogP contribution in [0.1, 0.15) is 117 Å². The molecule has 0 radical (unpaired) electrons. The Labute approximate surface area is 210 Å². The fraction of sp³-hybridized carbons (Fsp3) is 0.962. The van der Waals surface area contributed by atoms with Crippen LogP contribution in [0.25, 0.3) is 0 Å². The number of hydrogen-bond acceptors (Lipinski definition) is 5. The van der Waals surface area contributed by atoms with Crippen LogP contribution in [0.4, 0.5) is 0 Å². The van der Waals surface area contributed by atoms with Crippen LogP contribution in [0.2, 0.25) is 0 Å². The van der Waals surface area contributed by atoms with Crippen molar-refractivity contribution in [2.24, 2.45) is 0 Å². The van der Waals surface area contributed by atoms with E-state index in [1.165, 1.54) is 84.0 Å². The molecule has 0 bridgehead atoms. The highest BCUT2D eigenvalue weighted by atomic mass is 31.2. The summed E-state index contributed by atoms with van der Waals surface area (Å²) in [5, 5.41) is 0. The number of carbonyl (C=O) groups excluding carboxylic acids is 1. The van der Waals surface area contributed by atoms with Gasteiger partial charge in [0.2, 0.25) is 0 Å². The summed E-state index contributed by atoms with van der Waals surface area (Å²) < 4.78 is 28.1. The van der Waals surface area contributed by atoms with E-state index in [1.807, 2.05) is 21.1 Å². The lowest BCUT2D eigenvalue weighted by molar-refractivity contribution is -0.870. The largest absolute Gasteiger partial charge is 0.472 e. The smallest absolute Gasteiger partial charge is 0.460 e. The molecule has 0 aromatic carbocycles. The maximum Gasteiger partial charge on any atom is 0.472 e. The molecular formula is C26H55NO6P+. The molecule has 0 saturated heterocycles. The van der Waals surface area contributed by atoms with Crippen molar-refractivity contribution < 1.29 is 32.5 Å². The Morgan fingerprint density at radius 3 is 1.65 bits per heavy atom. The van der Waals surface area contributed by atoms with Gasteiger partial charge in [0.25, 0.3) is 0 Å². The Kier molecular flexibility index (Phi) is 20.4. The number of ether oxygens (including phenoxy) is 1. The summed E-state index contributed by atoms with van der Waals surface area (Å²) in [6.07, 6.45) is 19.5. The van der Waals surface area contributed by atoms with E-state index in [-0.39, 0.29) is 13.2 Å².